The van der Waals surface area contributed by atoms with Crippen LogP contribution in [0, 0.1) is 11.6 Å². The van der Waals surface area contributed by atoms with Crippen LogP contribution in [0.25, 0.3) is 11.4 Å². The number of hydrogen-bond donors (Lipinski definition) is 1. The molecule has 4 rings (SSSR count). The topological polar surface area (TPSA) is 74.5 Å². The number of carbonyl (C=O) groups is 1. The lowest BCUT2D eigenvalue weighted by Crippen LogP contribution is -2.46. The Morgan fingerprint density at radius 2 is 1.74 bits per heavy atom. The molecule has 0 bridgehead atoms. The van der Waals surface area contributed by atoms with Crippen molar-refractivity contribution in [1.29, 1.82) is 0 Å². The van der Waals surface area contributed by atoms with Gasteiger partial charge in [0.15, 0.2) is 11.6 Å². The second-order valence-corrected chi connectivity index (χ2v) is 8.14. The van der Waals surface area contributed by atoms with Gasteiger partial charge in [-0.1, -0.05) is 17.3 Å². The van der Waals surface area contributed by atoms with E-state index in [0.29, 0.717) is 45.2 Å². The van der Waals surface area contributed by atoms with E-state index in [0.717, 1.165) is 24.3 Å². The molecule has 0 radical (unpaired) electrons. The summed E-state index contributed by atoms with van der Waals surface area (Å²) in [5, 5.41) is 6.35. The standard InChI is InChI=1S/C23H22F5N5O2/c24-18-5-4-17(13-19(18)25)29-20(34)6-7-32-8-10-33(11-9-32)14-21-30-22(31-35-21)15-2-1-3-16(12-15)23(26,27)28/h1-5,12-13H,6-11,14H2,(H,29,34). The number of piperazine rings is 1. The minimum atomic E-state index is -4.46. The Balaban J connectivity index is 1.22. The highest BCUT2D eigenvalue weighted by Crippen LogP contribution is 2.31. The predicted octanol–water partition coefficient (Wildman–Crippen LogP) is 4.18. The van der Waals surface area contributed by atoms with E-state index in [4.69, 9.17) is 4.52 Å². The minimum absolute atomic E-state index is 0.0942. The fourth-order valence-corrected chi connectivity index (χ4v) is 3.69. The van der Waals surface area contributed by atoms with Crippen LogP contribution < -0.4 is 5.32 Å². The van der Waals surface area contributed by atoms with Crippen LogP contribution in [0.1, 0.15) is 17.9 Å². The summed E-state index contributed by atoms with van der Waals surface area (Å²) in [6.07, 6.45) is -4.26. The van der Waals surface area contributed by atoms with Crippen molar-refractivity contribution in [2.45, 2.75) is 19.1 Å². The molecule has 2 heterocycles. The molecule has 0 aliphatic carbocycles. The van der Waals surface area contributed by atoms with E-state index in [9.17, 15) is 26.7 Å². The van der Waals surface area contributed by atoms with E-state index in [1.54, 1.807) is 0 Å². The molecule has 1 saturated heterocycles. The van der Waals surface area contributed by atoms with Crippen LogP contribution in [-0.2, 0) is 17.5 Å². The van der Waals surface area contributed by atoms with Crippen molar-refractivity contribution in [2.24, 2.45) is 0 Å². The summed E-state index contributed by atoms with van der Waals surface area (Å²) in [5.41, 5.74) is -0.361. The molecular formula is C23H22F5N5O2. The summed E-state index contributed by atoms with van der Waals surface area (Å²) < 4.78 is 70.2. The molecule has 1 aliphatic rings. The molecule has 0 saturated carbocycles. The smallest absolute Gasteiger partial charge is 0.338 e. The molecule has 2 aromatic carbocycles. The van der Waals surface area contributed by atoms with Gasteiger partial charge in [-0.15, -0.1) is 0 Å². The van der Waals surface area contributed by atoms with Crippen molar-refractivity contribution in [3.63, 3.8) is 0 Å². The first-order valence-electron chi connectivity index (χ1n) is 10.9. The number of benzene rings is 2. The first kappa shape index (κ1) is 24.7. The van der Waals surface area contributed by atoms with Crippen LogP contribution in [-0.4, -0.2) is 58.6 Å². The maximum absolute atomic E-state index is 13.3. The van der Waals surface area contributed by atoms with Gasteiger partial charge in [0.05, 0.1) is 12.1 Å². The van der Waals surface area contributed by atoms with Crippen molar-refractivity contribution >= 4 is 11.6 Å². The summed E-state index contributed by atoms with van der Waals surface area (Å²) in [4.78, 5) is 20.5. The third-order valence-corrected chi connectivity index (χ3v) is 5.60. The minimum Gasteiger partial charge on any atom is -0.338 e. The zero-order valence-corrected chi connectivity index (χ0v) is 18.5. The number of alkyl halides is 3. The van der Waals surface area contributed by atoms with E-state index in [1.807, 2.05) is 0 Å². The van der Waals surface area contributed by atoms with Crippen molar-refractivity contribution in [1.82, 2.24) is 19.9 Å². The molecular weight excluding hydrogens is 473 g/mol. The second-order valence-electron chi connectivity index (χ2n) is 8.14. The Bertz CT molecular complexity index is 1180. The van der Waals surface area contributed by atoms with E-state index in [2.05, 4.69) is 25.3 Å². The van der Waals surface area contributed by atoms with Gasteiger partial charge in [0.2, 0.25) is 17.6 Å². The fraction of sp³-hybridized carbons (Fsp3) is 0.348. The molecule has 1 aromatic heterocycles. The number of carbonyl (C=O) groups excluding carboxylic acids is 1. The monoisotopic (exact) mass is 495 g/mol. The van der Waals surface area contributed by atoms with Crippen LogP contribution in [0.15, 0.2) is 47.0 Å². The Kier molecular flexibility index (Phi) is 7.41. The van der Waals surface area contributed by atoms with Gasteiger partial charge in [-0.2, -0.15) is 18.2 Å². The molecule has 1 fully saturated rings. The van der Waals surface area contributed by atoms with Crippen LogP contribution in [0.4, 0.5) is 27.6 Å². The van der Waals surface area contributed by atoms with Gasteiger partial charge in [0, 0.05) is 56.5 Å². The van der Waals surface area contributed by atoms with Gasteiger partial charge in [0.1, 0.15) is 0 Å². The van der Waals surface area contributed by atoms with Gasteiger partial charge in [-0.25, -0.2) is 8.78 Å². The highest BCUT2D eigenvalue weighted by molar-refractivity contribution is 5.90. The van der Waals surface area contributed by atoms with Crippen LogP contribution in [0.3, 0.4) is 0 Å². The molecule has 186 valence electrons. The van der Waals surface area contributed by atoms with Gasteiger partial charge >= 0.3 is 6.18 Å². The molecule has 3 aromatic rings. The molecule has 1 amide bonds. The summed E-state index contributed by atoms with van der Waals surface area (Å²) in [5.74, 6) is -1.91. The SMILES string of the molecule is O=C(CCN1CCN(Cc2nc(-c3cccc(C(F)(F)F)c3)no2)CC1)Nc1ccc(F)c(F)c1. The lowest BCUT2D eigenvalue weighted by molar-refractivity contribution is -0.137. The zero-order chi connectivity index (χ0) is 25.0. The third kappa shape index (κ3) is 6.61. The molecule has 0 atom stereocenters. The highest BCUT2D eigenvalue weighted by atomic mass is 19.4. The summed E-state index contributed by atoms with van der Waals surface area (Å²) in [6.45, 7) is 3.58. The molecule has 1 N–H and O–H groups in total. The van der Waals surface area contributed by atoms with Crippen LogP contribution >= 0.6 is 0 Å². The van der Waals surface area contributed by atoms with E-state index in [-0.39, 0.29) is 29.4 Å². The van der Waals surface area contributed by atoms with E-state index < -0.39 is 23.4 Å². The largest absolute Gasteiger partial charge is 0.416 e. The molecule has 1 aliphatic heterocycles. The number of nitrogens with zero attached hydrogens (tertiary/aromatic N) is 4. The second kappa shape index (κ2) is 10.5. The fourth-order valence-electron chi connectivity index (χ4n) is 3.69. The third-order valence-electron chi connectivity index (χ3n) is 5.60. The number of amides is 1. The lowest BCUT2D eigenvalue weighted by Gasteiger charge is -2.33. The van der Waals surface area contributed by atoms with Gasteiger partial charge in [-0.3, -0.25) is 9.69 Å². The number of halogens is 5. The van der Waals surface area contributed by atoms with Gasteiger partial charge in [-0.05, 0) is 24.3 Å². The zero-order valence-electron chi connectivity index (χ0n) is 18.5. The summed E-state index contributed by atoms with van der Waals surface area (Å²) in [6, 6.07) is 7.94. The number of anilines is 1. The van der Waals surface area contributed by atoms with E-state index in [1.165, 1.54) is 18.2 Å². The van der Waals surface area contributed by atoms with E-state index >= 15 is 0 Å². The molecule has 12 heteroatoms. The van der Waals surface area contributed by atoms with Crippen molar-refractivity contribution < 1.29 is 31.3 Å². The highest BCUT2D eigenvalue weighted by Gasteiger charge is 2.31. The maximum Gasteiger partial charge on any atom is 0.416 e. The average molecular weight is 495 g/mol. The van der Waals surface area contributed by atoms with Crippen LogP contribution in [0.5, 0.6) is 0 Å². The molecule has 0 unspecified atom stereocenters. The Morgan fingerprint density at radius 3 is 2.46 bits per heavy atom. The molecule has 0 spiro atoms. The predicted molar refractivity (Wildman–Crippen MR) is 116 cm³/mol. The number of rotatable bonds is 7. The van der Waals surface area contributed by atoms with Crippen molar-refractivity contribution in [2.75, 3.05) is 38.0 Å². The Morgan fingerprint density at radius 1 is 1.00 bits per heavy atom. The molecule has 35 heavy (non-hydrogen) atoms. The normalized spacial score (nSPS) is 15.3. The first-order chi connectivity index (χ1) is 16.7. The van der Waals surface area contributed by atoms with Crippen LogP contribution in [0.2, 0.25) is 0 Å². The Labute approximate surface area is 197 Å². The lowest BCUT2D eigenvalue weighted by atomic mass is 10.1. The van der Waals surface area contributed by atoms with Crippen molar-refractivity contribution in [3.8, 4) is 11.4 Å². The molecule has 7 nitrogen and oxygen atoms in total. The summed E-state index contributed by atoms with van der Waals surface area (Å²) >= 11 is 0. The van der Waals surface area contributed by atoms with Gasteiger partial charge < -0.3 is 14.7 Å². The number of aromatic nitrogens is 2. The quantitative estimate of drug-likeness (QED) is 0.496. The number of hydrogen-bond acceptors (Lipinski definition) is 6. The Hall–Kier alpha value is -3.38. The summed E-state index contributed by atoms with van der Waals surface area (Å²) in [7, 11) is 0. The first-order valence-corrected chi connectivity index (χ1v) is 10.9. The maximum atomic E-state index is 13.3. The van der Waals surface area contributed by atoms with Gasteiger partial charge in [0.25, 0.3) is 0 Å². The van der Waals surface area contributed by atoms with Crippen molar-refractivity contribution in [3.05, 3.63) is 65.6 Å². The average Bonchev–Trinajstić information content (AvgIpc) is 3.29. The number of nitrogens with one attached hydrogen (secondary N) is 1.